The normalized spacial score (nSPS) is 11.1. The van der Waals surface area contributed by atoms with Crippen molar-refractivity contribution in [3.8, 4) is 0 Å². The zero-order chi connectivity index (χ0) is 18.3. The Balaban J connectivity index is 1.84. The SMILES string of the molecule is CCOC(=O)c1ccc(NCCNS(=O)(=O)c2cccc(Cl)c2)nc1. The number of hydrogen-bond donors (Lipinski definition) is 2. The maximum atomic E-state index is 12.1. The highest BCUT2D eigenvalue weighted by atomic mass is 35.5. The number of rotatable bonds is 8. The standard InChI is InChI=1S/C16H18ClN3O4S/c1-2-24-16(21)12-6-7-15(19-11-12)18-8-9-20-25(22,23)14-5-3-4-13(17)10-14/h3-7,10-11,20H,2,8-9H2,1H3,(H,18,19). The third kappa shape index (κ3) is 5.70. The Bertz CT molecular complexity index is 826. The highest BCUT2D eigenvalue weighted by Crippen LogP contribution is 2.15. The van der Waals surface area contributed by atoms with Crippen molar-refractivity contribution in [1.82, 2.24) is 9.71 Å². The van der Waals surface area contributed by atoms with Gasteiger partial charge < -0.3 is 10.1 Å². The molecule has 9 heteroatoms. The minimum atomic E-state index is -3.62. The average molecular weight is 384 g/mol. The average Bonchev–Trinajstić information content (AvgIpc) is 2.59. The van der Waals surface area contributed by atoms with Gasteiger partial charge in [0.05, 0.1) is 17.1 Å². The summed E-state index contributed by atoms with van der Waals surface area (Å²) in [5.74, 6) is 0.0887. The molecule has 1 aromatic carbocycles. The van der Waals surface area contributed by atoms with E-state index in [-0.39, 0.29) is 11.4 Å². The van der Waals surface area contributed by atoms with Crippen LogP contribution in [-0.2, 0) is 14.8 Å². The van der Waals surface area contributed by atoms with Crippen LogP contribution in [0.1, 0.15) is 17.3 Å². The lowest BCUT2D eigenvalue weighted by molar-refractivity contribution is 0.0526. The summed E-state index contributed by atoms with van der Waals surface area (Å²) in [5, 5.41) is 3.32. The molecular formula is C16H18ClN3O4S. The second-order valence-electron chi connectivity index (χ2n) is 4.93. The molecule has 1 heterocycles. The van der Waals surface area contributed by atoms with Gasteiger partial charge in [-0.1, -0.05) is 17.7 Å². The molecule has 2 rings (SSSR count). The van der Waals surface area contributed by atoms with Crippen molar-refractivity contribution in [2.75, 3.05) is 25.0 Å². The molecule has 0 bridgehead atoms. The van der Waals surface area contributed by atoms with Gasteiger partial charge in [0, 0.05) is 24.3 Å². The number of carbonyl (C=O) groups excluding carboxylic acids is 1. The molecule has 0 radical (unpaired) electrons. The van der Waals surface area contributed by atoms with Crippen LogP contribution >= 0.6 is 11.6 Å². The van der Waals surface area contributed by atoms with Crippen LogP contribution in [0.3, 0.4) is 0 Å². The Morgan fingerprint density at radius 1 is 1.24 bits per heavy atom. The van der Waals surface area contributed by atoms with Crippen LogP contribution in [0, 0.1) is 0 Å². The van der Waals surface area contributed by atoms with Gasteiger partial charge in [0.25, 0.3) is 0 Å². The summed E-state index contributed by atoms with van der Waals surface area (Å²) in [4.78, 5) is 15.7. The van der Waals surface area contributed by atoms with Crippen molar-refractivity contribution < 1.29 is 17.9 Å². The van der Waals surface area contributed by atoms with Gasteiger partial charge in [-0.3, -0.25) is 0 Å². The van der Waals surface area contributed by atoms with Crippen molar-refractivity contribution in [1.29, 1.82) is 0 Å². The second-order valence-corrected chi connectivity index (χ2v) is 7.14. The molecule has 134 valence electrons. The fourth-order valence-corrected chi connectivity index (χ4v) is 3.26. The molecule has 7 nitrogen and oxygen atoms in total. The first-order valence-corrected chi connectivity index (χ1v) is 9.41. The quantitative estimate of drug-likeness (QED) is 0.536. The predicted octanol–water partition coefficient (Wildman–Crippen LogP) is 2.30. The van der Waals surface area contributed by atoms with E-state index in [1.807, 2.05) is 0 Å². The molecule has 0 aliphatic rings. The third-order valence-corrected chi connectivity index (χ3v) is 4.80. The number of ether oxygens (including phenoxy) is 1. The van der Waals surface area contributed by atoms with E-state index in [2.05, 4.69) is 15.0 Å². The summed E-state index contributed by atoms with van der Waals surface area (Å²) in [6.07, 6.45) is 1.40. The molecule has 0 fully saturated rings. The summed E-state index contributed by atoms with van der Waals surface area (Å²) in [7, 11) is -3.62. The van der Waals surface area contributed by atoms with Crippen LogP contribution in [0.5, 0.6) is 0 Å². The molecular weight excluding hydrogens is 366 g/mol. The van der Waals surface area contributed by atoms with Gasteiger partial charge in [0.2, 0.25) is 10.0 Å². The zero-order valence-electron chi connectivity index (χ0n) is 13.5. The first kappa shape index (κ1) is 19.2. The van der Waals surface area contributed by atoms with Gasteiger partial charge in [-0.05, 0) is 37.3 Å². The van der Waals surface area contributed by atoms with Crippen molar-refractivity contribution >= 4 is 33.4 Å². The lowest BCUT2D eigenvalue weighted by Gasteiger charge is -2.09. The van der Waals surface area contributed by atoms with Gasteiger partial charge >= 0.3 is 5.97 Å². The lowest BCUT2D eigenvalue weighted by atomic mass is 10.3. The van der Waals surface area contributed by atoms with E-state index in [4.69, 9.17) is 16.3 Å². The summed E-state index contributed by atoms with van der Waals surface area (Å²) < 4.78 is 31.6. The predicted molar refractivity (Wildman–Crippen MR) is 95.3 cm³/mol. The number of aromatic nitrogens is 1. The van der Waals surface area contributed by atoms with Crippen LogP contribution in [-0.4, -0.2) is 39.1 Å². The first-order valence-electron chi connectivity index (χ1n) is 7.54. The van der Waals surface area contributed by atoms with Gasteiger partial charge in [0.1, 0.15) is 5.82 Å². The smallest absolute Gasteiger partial charge is 0.339 e. The molecule has 0 aliphatic heterocycles. The maximum Gasteiger partial charge on any atom is 0.339 e. The Morgan fingerprint density at radius 3 is 2.68 bits per heavy atom. The monoisotopic (exact) mass is 383 g/mol. The Hall–Kier alpha value is -2.16. The molecule has 0 amide bonds. The Labute approximate surface area is 151 Å². The van der Waals surface area contributed by atoms with E-state index in [1.54, 1.807) is 31.2 Å². The number of anilines is 1. The van der Waals surface area contributed by atoms with Crippen LogP contribution in [0.2, 0.25) is 5.02 Å². The maximum absolute atomic E-state index is 12.1. The van der Waals surface area contributed by atoms with E-state index < -0.39 is 16.0 Å². The minimum absolute atomic E-state index is 0.108. The van der Waals surface area contributed by atoms with Gasteiger partial charge in [-0.2, -0.15) is 0 Å². The molecule has 0 aliphatic carbocycles. The summed E-state index contributed by atoms with van der Waals surface area (Å²) in [6, 6.07) is 9.24. The second kappa shape index (κ2) is 8.80. The van der Waals surface area contributed by atoms with Crippen molar-refractivity contribution in [3.05, 3.63) is 53.2 Å². The summed E-state index contributed by atoms with van der Waals surface area (Å²) >= 11 is 5.80. The fourth-order valence-electron chi connectivity index (χ4n) is 1.93. The highest BCUT2D eigenvalue weighted by molar-refractivity contribution is 7.89. The molecule has 2 aromatic rings. The summed E-state index contributed by atoms with van der Waals surface area (Å²) in [5.41, 5.74) is 0.356. The molecule has 0 saturated carbocycles. The van der Waals surface area contributed by atoms with Crippen LogP contribution in [0.15, 0.2) is 47.5 Å². The van der Waals surface area contributed by atoms with E-state index in [1.165, 1.54) is 18.3 Å². The molecule has 25 heavy (non-hydrogen) atoms. The van der Waals surface area contributed by atoms with Crippen LogP contribution in [0.25, 0.3) is 0 Å². The van der Waals surface area contributed by atoms with Gasteiger partial charge in [0.15, 0.2) is 0 Å². The number of benzene rings is 1. The molecule has 1 aromatic heterocycles. The number of esters is 1. The van der Waals surface area contributed by atoms with Crippen LogP contribution in [0.4, 0.5) is 5.82 Å². The Kier molecular flexibility index (Phi) is 6.74. The number of nitrogens with one attached hydrogen (secondary N) is 2. The molecule has 0 spiro atoms. The van der Waals surface area contributed by atoms with E-state index in [9.17, 15) is 13.2 Å². The van der Waals surface area contributed by atoms with Gasteiger partial charge in [-0.25, -0.2) is 22.9 Å². The minimum Gasteiger partial charge on any atom is -0.462 e. The summed E-state index contributed by atoms with van der Waals surface area (Å²) in [6.45, 7) is 2.51. The topological polar surface area (TPSA) is 97.4 Å². The first-order chi connectivity index (χ1) is 11.9. The highest BCUT2D eigenvalue weighted by Gasteiger charge is 2.13. The fraction of sp³-hybridized carbons (Fsp3) is 0.250. The molecule has 2 N–H and O–H groups in total. The molecule has 0 unspecified atom stereocenters. The number of nitrogens with zero attached hydrogens (tertiary/aromatic N) is 1. The lowest BCUT2D eigenvalue weighted by Crippen LogP contribution is -2.29. The number of sulfonamides is 1. The number of carbonyl (C=O) groups is 1. The third-order valence-electron chi connectivity index (χ3n) is 3.10. The van der Waals surface area contributed by atoms with Crippen LogP contribution < -0.4 is 10.0 Å². The molecule has 0 saturated heterocycles. The zero-order valence-corrected chi connectivity index (χ0v) is 15.1. The van der Waals surface area contributed by atoms with E-state index in [0.717, 1.165) is 0 Å². The van der Waals surface area contributed by atoms with Crippen molar-refractivity contribution in [2.45, 2.75) is 11.8 Å². The largest absolute Gasteiger partial charge is 0.462 e. The van der Waals surface area contributed by atoms with E-state index in [0.29, 0.717) is 29.6 Å². The number of halogens is 1. The Morgan fingerprint density at radius 2 is 2.04 bits per heavy atom. The van der Waals surface area contributed by atoms with Crippen molar-refractivity contribution in [2.24, 2.45) is 0 Å². The van der Waals surface area contributed by atoms with Crippen molar-refractivity contribution in [3.63, 3.8) is 0 Å². The number of pyridine rings is 1. The van der Waals surface area contributed by atoms with E-state index >= 15 is 0 Å². The van der Waals surface area contributed by atoms with Gasteiger partial charge in [-0.15, -0.1) is 0 Å². The molecule has 0 atom stereocenters. The number of hydrogen-bond acceptors (Lipinski definition) is 6.